The van der Waals surface area contributed by atoms with Crippen LogP contribution in [-0.2, 0) is 4.74 Å². The molecule has 0 fully saturated rings. The van der Waals surface area contributed by atoms with Crippen LogP contribution >= 0.6 is 0 Å². The average molecular weight is 199 g/mol. The van der Waals surface area contributed by atoms with Gasteiger partial charge in [-0.05, 0) is 48.5 Å². The summed E-state index contributed by atoms with van der Waals surface area (Å²) in [5, 5.41) is 0. The molecule has 0 amide bonds. The van der Waals surface area contributed by atoms with E-state index in [0.29, 0.717) is 6.04 Å². The zero-order chi connectivity index (χ0) is 11.4. The van der Waals surface area contributed by atoms with E-state index in [9.17, 15) is 0 Å². The Morgan fingerprint density at radius 2 is 1.71 bits per heavy atom. The molecule has 0 saturated heterocycles. The van der Waals surface area contributed by atoms with E-state index in [4.69, 9.17) is 4.74 Å². The SMILES string of the molecule is CC(CC(C)(C)OC(C)C)=NC(C)C. The van der Waals surface area contributed by atoms with Gasteiger partial charge in [-0.25, -0.2) is 0 Å². The fourth-order valence-corrected chi connectivity index (χ4v) is 1.78. The summed E-state index contributed by atoms with van der Waals surface area (Å²) in [6.45, 7) is 14.6. The van der Waals surface area contributed by atoms with E-state index >= 15 is 0 Å². The minimum Gasteiger partial charge on any atom is -0.373 e. The van der Waals surface area contributed by atoms with Crippen molar-refractivity contribution in [1.29, 1.82) is 0 Å². The summed E-state index contributed by atoms with van der Waals surface area (Å²) >= 11 is 0. The molecule has 0 rings (SSSR count). The van der Waals surface area contributed by atoms with Crippen LogP contribution in [0.4, 0.5) is 0 Å². The van der Waals surface area contributed by atoms with Crippen LogP contribution < -0.4 is 0 Å². The summed E-state index contributed by atoms with van der Waals surface area (Å²) in [5.74, 6) is 0. The summed E-state index contributed by atoms with van der Waals surface area (Å²) in [7, 11) is 0. The molecule has 84 valence electrons. The highest BCUT2D eigenvalue weighted by molar-refractivity contribution is 5.82. The number of ether oxygens (including phenoxy) is 1. The predicted molar refractivity (Wildman–Crippen MR) is 63.2 cm³/mol. The first kappa shape index (κ1) is 13.6. The van der Waals surface area contributed by atoms with Crippen LogP contribution in [0.3, 0.4) is 0 Å². The maximum Gasteiger partial charge on any atom is 0.0681 e. The van der Waals surface area contributed by atoms with Crippen molar-refractivity contribution in [3.8, 4) is 0 Å². The van der Waals surface area contributed by atoms with Gasteiger partial charge in [0.25, 0.3) is 0 Å². The second-order valence-electron chi connectivity index (χ2n) is 5.06. The van der Waals surface area contributed by atoms with Crippen molar-refractivity contribution in [3.05, 3.63) is 0 Å². The molecule has 0 N–H and O–H groups in total. The molecule has 0 aliphatic rings. The third-order valence-corrected chi connectivity index (χ3v) is 1.71. The van der Waals surface area contributed by atoms with Gasteiger partial charge in [0.05, 0.1) is 11.7 Å². The highest BCUT2D eigenvalue weighted by Gasteiger charge is 2.20. The van der Waals surface area contributed by atoms with Crippen LogP contribution in [0, 0.1) is 0 Å². The van der Waals surface area contributed by atoms with Gasteiger partial charge in [0.15, 0.2) is 0 Å². The highest BCUT2D eigenvalue weighted by atomic mass is 16.5. The lowest BCUT2D eigenvalue weighted by Gasteiger charge is -2.27. The van der Waals surface area contributed by atoms with Gasteiger partial charge in [0, 0.05) is 18.2 Å². The Labute approximate surface area is 88.8 Å². The zero-order valence-corrected chi connectivity index (χ0v) is 10.7. The number of hydrogen-bond acceptors (Lipinski definition) is 2. The van der Waals surface area contributed by atoms with Crippen molar-refractivity contribution in [3.63, 3.8) is 0 Å². The lowest BCUT2D eigenvalue weighted by atomic mass is 10.0. The van der Waals surface area contributed by atoms with E-state index in [1.807, 2.05) is 0 Å². The predicted octanol–water partition coefficient (Wildman–Crippen LogP) is 3.45. The van der Waals surface area contributed by atoms with E-state index in [2.05, 4.69) is 53.5 Å². The second kappa shape index (κ2) is 5.50. The van der Waals surface area contributed by atoms with Gasteiger partial charge in [0.2, 0.25) is 0 Å². The van der Waals surface area contributed by atoms with E-state index in [-0.39, 0.29) is 11.7 Å². The molecule has 2 heteroatoms. The van der Waals surface area contributed by atoms with Gasteiger partial charge in [-0.3, -0.25) is 4.99 Å². The smallest absolute Gasteiger partial charge is 0.0681 e. The first-order valence-electron chi connectivity index (χ1n) is 5.44. The molecule has 2 nitrogen and oxygen atoms in total. The summed E-state index contributed by atoms with van der Waals surface area (Å²) in [6, 6.07) is 0.379. The molecule has 0 spiro atoms. The average Bonchev–Trinajstić information content (AvgIpc) is 1.77. The third-order valence-electron chi connectivity index (χ3n) is 1.71. The molecule has 0 aromatic heterocycles. The molecular formula is C12H25NO. The minimum absolute atomic E-state index is 0.101. The van der Waals surface area contributed by atoms with Crippen LogP contribution in [0.2, 0.25) is 0 Å². The van der Waals surface area contributed by atoms with Crippen LogP contribution in [0.25, 0.3) is 0 Å². The molecular weight excluding hydrogens is 174 g/mol. The van der Waals surface area contributed by atoms with Gasteiger partial charge in [0.1, 0.15) is 0 Å². The van der Waals surface area contributed by atoms with E-state index in [0.717, 1.165) is 6.42 Å². The molecule has 0 aliphatic carbocycles. The number of aliphatic imine (C=N–C) groups is 1. The number of rotatable bonds is 5. The molecule has 0 radical (unpaired) electrons. The normalized spacial score (nSPS) is 14.2. The quantitative estimate of drug-likeness (QED) is 0.621. The molecule has 14 heavy (non-hydrogen) atoms. The molecule has 0 unspecified atom stereocenters. The van der Waals surface area contributed by atoms with Gasteiger partial charge in [-0.15, -0.1) is 0 Å². The van der Waals surface area contributed by atoms with Crippen molar-refractivity contribution in [2.24, 2.45) is 4.99 Å². The summed E-state index contributed by atoms with van der Waals surface area (Å²) < 4.78 is 5.81. The fraction of sp³-hybridized carbons (Fsp3) is 0.917. The van der Waals surface area contributed by atoms with Crippen molar-refractivity contribution in [2.75, 3.05) is 0 Å². The Morgan fingerprint density at radius 3 is 2.07 bits per heavy atom. The van der Waals surface area contributed by atoms with Crippen LogP contribution in [0.5, 0.6) is 0 Å². The number of nitrogens with zero attached hydrogens (tertiary/aromatic N) is 1. The van der Waals surface area contributed by atoms with Gasteiger partial charge in [-0.2, -0.15) is 0 Å². The fourth-order valence-electron chi connectivity index (χ4n) is 1.78. The van der Waals surface area contributed by atoms with Crippen LogP contribution in [0.15, 0.2) is 4.99 Å². The lowest BCUT2D eigenvalue weighted by molar-refractivity contribution is -0.0504. The second-order valence-corrected chi connectivity index (χ2v) is 5.06. The molecule has 0 aromatic rings. The van der Waals surface area contributed by atoms with Crippen molar-refractivity contribution in [2.45, 2.75) is 72.6 Å². The molecule has 0 bridgehead atoms. The molecule has 0 aliphatic heterocycles. The van der Waals surface area contributed by atoms with Gasteiger partial charge in [-0.1, -0.05) is 0 Å². The Hall–Kier alpha value is -0.370. The Kier molecular flexibility index (Phi) is 5.35. The topological polar surface area (TPSA) is 21.6 Å². The maximum absolute atomic E-state index is 5.81. The maximum atomic E-state index is 5.81. The Morgan fingerprint density at radius 1 is 1.21 bits per heavy atom. The Bertz CT molecular complexity index is 192. The van der Waals surface area contributed by atoms with Crippen molar-refractivity contribution >= 4 is 5.71 Å². The first-order valence-corrected chi connectivity index (χ1v) is 5.44. The molecule has 0 saturated carbocycles. The van der Waals surface area contributed by atoms with Gasteiger partial charge >= 0.3 is 0 Å². The van der Waals surface area contributed by atoms with Gasteiger partial charge < -0.3 is 4.74 Å². The summed E-state index contributed by atoms with van der Waals surface area (Å²) in [5.41, 5.74) is 1.07. The molecule has 0 heterocycles. The minimum atomic E-state index is -0.101. The highest BCUT2D eigenvalue weighted by Crippen LogP contribution is 2.17. The summed E-state index contributed by atoms with van der Waals surface area (Å²) in [4.78, 5) is 4.51. The summed E-state index contributed by atoms with van der Waals surface area (Å²) in [6.07, 6.45) is 1.18. The molecule has 0 aromatic carbocycles. The van der Waals surface area contributed by atoms with Crippen LogP contribution in [0.1, 0.15) is 54.9 Å². The third kappa shape index (κ3) is 7.07. The zero-order valence-electron chi connectivity index (χ0n) is 10.7. The van der Waals surface area contributed by atoms with Crippen LogP contribution in [-0.4, -0.2) is 23.5 Å². The van der Waals surface area contributed by atoms with E-state index < -0.39 is 0 Å². The Balaban J connectivity index is 4.21. The van der Waals surface area contributed by atoms with Crippen molar-refractivity contribution in [1.82, 2.24) is 0 Å². The largest absolute Gasteiger partial charge is 0.373 e. The van der Waals surface area contributed by atoms with E-state index in [1.165, 1.54) is 5.71 Å². The first-order chi connectivity index (χ1) is 6.23. The van der Waals surface area contributed by atoms with E-state index in [1.54, 1.807) is 0 Å². The standard InChI is InChI=1S/C12H25NO/c1-9(2)13-11(5)8-12(6,7)14-10(3)4/h9-10H,8H2,1-7H3. The number of hydrogen-bond donors (Lipinski definition) is 0. The van der Waals surface area contributed by atoms with Crippen molar-refractivity contribution < 1.29 is 4.74 Å². The lowest BCUT2D eigenvalue weighted by Crippen LogP contribution is -2.30. The molecule has 0 atom stereocenters. The monoisotopic (exact) mass is 199 g/mol.